The van der Waals surface area contributed by atoms with E-state index in [9.17, 15) is 9.18 Å². The second-order valence-electron chi connectivity index (χ2n) is 7.68. The Labute approximate surface area is 192 Å². The molecule has 3 aromatic heterocycles. The Hall–Kier alpha value is -3.03. The normalized spacial score (nSPS) is 12.4. The Morgan fingerprint density at radius 1 is 1.09 bits per heavy atom. The highest BCUT2D eigenvalue weighted by molar-refractivity contribution is 7.98. The van der Waals surface area contributed by atoms with Gasteiger partial charge in [-0.05, 0) is 41.3 Å². The molecule has 0 N–H and O–H groups in total. The van der Waals surface area contributed by atoms with Gasteiger partial charge < -0.3 is 0 Å². The lowest BCUT2D eigenvalue weighted by molar-refractivity contribution is 0.532. The number of pyridine rings is 1. The van der Waals surface area contributed by atoms with E-state index in [1.165, 1.54) is 40.8 Å². The molecule has 0 aliphatic heterocycles. The van der Waals surface area contributed by atoms with E-state index in [1.807, 2.05) is 36.4 Å². The molecular weight excluding hydrogens is 441 g/mol. The number of nitrogens with zero attached hydrogens (tertiary/aromatic N) is 3. The maximum absolute atomic E-state index is 13.7. The summed E-state index contributed by atoms with van der Waals surface area (Å²) in [5, 5.41) is 1.53. The number of hydrogen-bond acceptors (Lipinski definition) is 5. The highest BCUT2D eigenvalue weighted by atomic mass is 32.2. The van der Waals surface area contributed by atoms with Crippen molar-refractivity contribution in [1.29, 1.82) is 0 Å². The summed E-state index contributed by atoms with van der Waals surface area (Å²) in [5.41, 5.74) is 2.65. The fraction of sp³-hybridized carbons (Fsp3) is 0.160. The molecule has 3 heterocycles. The maximum atomic E-state index is 13.7. The SMILES string of the molecule is CC(Cn1c(SCc2cccc(F)c2)nc2c(sc3ncccc32)c1=O)c1ccccc1. The third-order valence-electron chi connectivity index (χ3n) is 5.40. The molecule has 2 aromatic carbocycles. The van der Waals surface area contributed by atoms with Crippen molar-refractivity contribution in [2.24, 2.45) is 0 Å². The van der Waals surface area contributed by atoms with Crippen molar-refractivity contribution < 1.29 is 4.39 Å². The van der Waals surface area contributed by atoms with E-state index < -0.39 is 0 Å². The highest BCUT2D eigenvalue weighted by Gasteiger charge is 2.19. The number of hydrogen-bond donors (Lipinski definition) is 0. The van der Waals surface area contributed by atoms with Gasteiger partial charge in [0.25, 0.3) is 5.56 Å². The van der Waals surface area contributed by atoms with Crippen LogP contribution in [0.15, 0.2) is 82.9 Å². The number of thiophene rings is 1. The van der Waals surface area contributed by atoms with Gasteiger partial charge in [0.15, 0.2) is 5.16 Å². The van der Waals surface area contributed by atoms with Crippen LogP contribution in [-0.4, -0.2) is 14.5 Å². The van der Waals surface area contributed by atoms with Crippen LogP contribution in [0.1, 0.15) is 24.0 Å². The summed E-state index contributed by atoms with van der Waals surface area (Å²) in [4.78, 5) is 23.7. The van der Waals surface area contributed by atoms with Crippen LogP contribution in [0.4, 0.5) is 4.39 Å². The number of thioether (sulfide) groups is 1. The third-order valence-corrected chi connectivity index (χ3v) is 7.54. The fourth-order valence-electron chi connectivity index (χ4n) is 3.75. The fourth-order valence-corrected chi connectivity index (χ4v) is 5.72. The van der Waals surface area contributed by atoms with Gasteiger partial charge in [0.1, 0.15) is 15.3 Å². The average Bonchev–Trinajstić information content (AvgIpc) is 3.19. The van der Waals surface area contributed by atoms with E-state index in [0.717, 1.165) is 15.8 Å². The molecule has 0 bridgehead atoms. The van der Waals surface area contributed by atoms with Crippen molar-refractivity contribution in [1.82, 2.24) is 14.5 Å². The molecule has 160 valence electrons. The lowest BCUT2D eigenvalue weighted by Crippen LogP contribution is -2.25. The Kier molecular flexibility index (Phi) is 5.76. The van der Waals surface area contributed by atoms with Gasteiger partial charge in [-0.2, -0.15) is 0 Å². The molecule has 4 nitrogen and oxygen atoms in total. The smallest absolute Gasteiger partial charge is 0.272 e. The van der Waals surface area contributed by atoms with Crippen molar-refractivity contribution >= 4 is 43.5 Å². The minimum Gasteiger partial charge on any atom is -0.286 e. The van der Waals surface area contributed by atoms with E-state index >= 15 is 0 Å². The van der Waals surface area contributed by atoms with Crippen LogP contribution >= 0.6 is 23.1 Å². The molecule has 7 heteroatoms. The summed E-state index contributed by atoms with van der Waals surface area (Å²) < 4.78 is 16.0. The molecule has 0 saturated heterocycles. The molecule has 32 heavy (non-hydrogen) atoms. The van der Waals surface area contributed by atoms with E-state index in [2.05, 4.69) is 24.0 Å². The summed E-state index contributed by atoms with van der Waals surface area (Å²) in [6.07, 6.45) is 1.73. The van der Waals surface area contributed by atoms with Crippen LogP contribution in [0.25, 0.3) is 20.4 Å². The number of fused-ring (bicyclic) bond motifs is 3. The van der Waals surface area contributed by atoms with Gasteiger partial charge in [0, 0.05) is 23.9 Å². The second-order valence-corrected chi connectivity index (χ2v) is 9.62. The van der Waals surface area contributed by atoms with Gasteiger partial charge in [0.05, 0.1) is 5.52 Å². The van der Waals surface area contributed by atoms with Crippen LogP contribution < -0.4 is 5.56 Å². The van der Waals surface area contributed by atoms with Crippen LogP contribution in [0.3, 0.4) is 0 Å². The average molecular weight is 462 g/mol. The molecule has 5 aromatic rings. The summed E-state index contributed by atoms with van der Waals surface area (Å²) in [6.45, 7) is 2.62. The number of benzene rings is 2. The van der Waals surface area contributed by atoms with Gasteiger partial charge in [-0.15, -0.1) is 11.3 Å². The van der Waals surface area contributed by atoms with Crippen LogP contribution in [0.2, 0.25) is 0 Å². The molecule has 0 fully saturated rings. The number of halogens is 1. The first-order chi connectivity index (χ1) is 15.6. The zero-order chi connectivity index (χ0) is 22.1. The highest BCUT2D eigenvalue weighted by Crippen LogP contribution is 2.32. The van der Waals surface area contributed by atoms with E-state index in [-0.39, 0.29) is 17.3 Å². The third kappa shape index (κ3) is 4.06. The van der Waals surface area contributed by atoms with Crippen LogP contribution in [-0.2, 0) is 12.3 Å². The van der Waals surface area contributed by atoms with Crippen LogP contribution in [0.5, 0.6) is 0 Å². The van der Waals surface area contributed by atoms with Gasteiger partial charge in [-0.3, -0.25) is 9.36 Å². The summed E-state index contributed by atoms with van der Waals surface area (Å²) in [7, 11) is 0. The lowest BCUT2D eigenvalue weighted by atomic mass is 10.0. The van der Waals surface area contributed by atoms with Crippen molar-refractivity contribution in [3.63, 3.8) is 0 Å². The standard InChI is InChI=1S/C25H20FN3OS2/c1-16(18-8-3-2-4-9-18)14-29-24(30)22-21(20-11-6-12-27-23(20)32-22)28-25(29)31-15-17-7-5-10-19(26)13-17/h2-13,16H,14-15H2,1H3. The van der Waals surface area contributed by atoms with Crippen molar-refractivity contribution in [2.75, 3.05) is 0 Å². The molecule has 0 radical (unpaired) electrons. The first kappa shape index (κ1) is 20.8. The minimum absolute atomic E-state index is 0.0532. The largest absolute Gasteiger partial charge is 0.286 e. The summed E-state index contributed by atoms with van der Waals surface area (Å²) in [5.74, 6) is 0.390. The minimum atomic E-state index is -0.267. The quantitative estimate of drug-likeness (QED) is 0.222. The van der Waals surface area contributed by atoms with Gasteiger partial charge in [0.2, 0.25) is 0 Å². The summed E-state index contributed by atoms with van der Waals surface area (Å²) >= 11 is 2.84. The zero-order valence-electron chi connectivity index (χ0n) is 17.4. The van der Waals surface area contributed by atoms with Crippen molar-refractivity contribution in [3.8, 4) is 0 Å². The Balaban J connectivity index is 1.60. The maximum Gasteiger partial charge on any atom is 0.272 e. The monoisotopic (exact) mass is 461 g/mol. The predicted molar refractivity (Wildman–Crippen MR) is 130 cm³/mol. The Bertz CT molecular complexity index is 1460. The molecule has 5 rings (SSSR count). The Morgan fingerprint density at radius 2 is 1.94 bits per heavy atom. The molecule has 0 aliphatic rings. The van der Waals surface area contributed by atoms with Crippen molar-refractivity contribution in [2.45, 2.75) is 30.3 Å². The molecule has 0 spiro atoms. The Morgan fingerprint density at radius 3 is 2.75 bits per heavy atom. The predicted octanol–water partition coefficient (Wildman–Crippen LogP) is 6.24. The van der Waals surface area contributed by atoms with E-state index in [0.29, 0.717) is 27.7 Å². The molecule has 0 aliphatic carbocycles. The molecule has 0 amide bonds. The lowest BCUT2D eigenvalue weighted by Gasteiger charge is -2.17. The zero-order valence-corrected chi connectivity index (χ0v) is 19.0. The first-order valence-corrected chi connectivity index (χ1v) is 12.1. The molecule has 0 saturated carbocycles. The number of rotatable bonds is 6. The first-order valence-electron chi connectivity index (χ1n) is 10.3. The van der Waals surface area contributed by atoms with Gasteiger partial charge in [-0.1, -0.05) is 61.2 Å². The van der Waals surface area contributed by atoms with Crippen molar-refractivity contribution in [3.05, 3.63) is 100 Å². The number of aromatic nitrogens is 3. The molecule has 1 unspecified atom stereocenters. The van der Waals surface area contributed by atoms with Gasteiger partial charge in [-0.25, -0.2) is 14.4 Å². The van der Waals surface area contributed by atoms with E-state index in [4.69, 9.17) is 4.98 Å². The second kappa shape index (κ2) is 8.84. The topological polar surface area (TPSA) is 47.8 Å². The summed E-state index contributed by atoms with van der Waals surface area (Å²) in [6, 6.07) is 20.5. The molecule has 1 atom stereocenters. The van der Waals surface area contributed by atoms with Crippen LogP contribution in [0, 0.1) is 5.82 Å². The van der Waals surface area contributed by atoms with E-state index in [1.54, 1.807) is 16.8 Å². The molecular formula is C25H20FN3OS2. The van der Waals surface area contributed by atoms with Gasteiger partial charge >= 0.3 is 0 Å².